The van der Waals surface area contributed by atoms with Crippen molar-refractivity contribution in [3.8, 4) is 28.4 Å². The van der Waals surface area contributed by atoms with E-state index >= 15 is 0 Å². The van der Waals surface area contributed by atoms with Crippen LogP contribution in [0.5, 0.6) is 11.5 Å². The zero-order valence-corrected chi connectivity index (χ0v) is 20.3. The van der Waals surface area contributed by atoms with Crippen molar-refractivity contribution >= 4 is 5.91 Å². The summed E-state index contributed by atoms with van der Waals surface area (Å²) in [4.78, 5) is 13.3. The molecule has 1 amide bonds. The van der Waals surface area contributed by atoms with Crippen LogP contribution in [0.25, 0.3) is 16.9 Å². The van der Waals surface area contributed by atoms with Crippen LogP contribution >= 0.6 is 0 Å². The van der Waals surface area contributed by atoms with Crippen LogP contribution in [0.2, 0.25) is 0 Å². The Morgan fingerprint density at radius 1 is 0.971 bits per heavy atom. The molecule has 0 aliphatic rings. The third-order valence-corrected chi connectivity index (χ3v) is 5.82. The van der Waals surface area contributed by atoms with Gasteiger partial charge in [-0.25, -0.2) is 9.07 Å². The highest BCUT2D eigenvalue weighted by molar-refractivity contribution is 5.94. The molecule has 1 N–H and O–H groups in total. The second-order valence-corrected chi connectivity index (χ2v) is 8.29. The summed E-state index contributed by atoms with van der Waals surface area (Å²) in [7, 11) is 3.18. The van der Waals surface area contributed by atoms with E-state index in [1.165, 1.54) is 6.07 Å². The molecule has 4 rings (SSSR count). The van der Waals surface area contributed by atoms with Crippen LogP contribution in [-0.4, -0.2) is 36.5 Å². The van der Waals surface area contributed by atoms with E-state index < -0.39 is 5.82 Å². The number of hydrogen-bond acceptors (Lipinski definition) is 4. The van der Waals surface area contributed by atoms with Gasteiger partial charge in [0.15, 0.2) is 11.5 Å². The maximum absolute atomic E-state index is 14.5. The minimum Gasteiger partial charge on any atom is -0.493 e. The molecule has 35 heavy (non-hydrogen) atoms. The van der Waals surface area contributed by atoms with E-state index in [1.54, 1.807) is 43.2 Å². The third kappa shape index (κ3) is 5.19. The van der Waals surface area contributed by atoms with Crippen LogP contribution in [0.4, 0.5) is 4.39 Å². The summed E-state index contributed by atoms with van der Waals surface area (Å²) in [5.41, 5.74) is 4.91. The van der Waals surface area contributed by atoms with Crippen molar-refractivity contribution in [2.75, 3.05) is 20.8 Å². The molecule has 1 aromatic heterocycles. The summed E-state index contributed by atoms with van der Waals surface area (Å²) < 4.78 is 26.7. The summed E-state index contributed by atoms with van der Waals surface area (Å²) in [6.45, 7) is 4.37. The normalized spacial score (nSPS) is 10.8. The molecule has 0 fully saturated rings. The Morgan fingerprint density at radius 3 is 2.46 bits per heavy atom. The summed E-state index contributed by atoms with van der Waals surface area (Å²) in [6.07, 6.45) is 0.601. The van der Waals surface area contributed by atoms with Gasteiger partial charge in [0.2, 0.25) is 0 Å². The average Bonchev–Trinajstić information content (AvgIpc) is 3.29. The molecule has 3 aromatic carbocycles. The monoisotopic (exact) mass is 473 g/mol. The maximum atomic E-state index is 14.5. The average molecular weight is 474 g/mol. The van der Waals surface area contributed by atoms with Crippen LogP contribution in [-0.2, 0) is 6.42 Å². The molecule has 7 heteroatoms. The summed E-state index contributed by atoms with van der Waals surface area (Å²) >= 11 is 0. The van der Waals surface area contributed by atoms with Crippen LogP contribution in [0.15, 0.2) is 66.7 Å². The standard InChI is InChI=1S/C28H28FN3O3/c1-18-9-11-24(19(2)15-18)32-25(17-23(31-32)21-7-5-6-8-22(21)29)28(33)30-14-13-20-10-12-26(34-3)27(16-20)35-4/h5-12,15-17H,13-14H2,1-4H3,(H,30,33). The minimum atomic E-state index is -0.391. The van der Waals surface area contributed by atoms with Gasteiger partial charge in [0.1, 0.15) is 11.5 Å². The Labute approximate surface area is 204 Å². The SMILES string of the molecule is COc1ccc(CCNC(=O)c2cc(-c3ccccc3F)nn2-c2ccc(C)cc2C)cc1OC. The van der Waals surface area contributed by atoms with Crippen molar-refractivity contribution in [2.24, 2.45) is 0 Å². The molecule has 4 aromatic rings. The molecule has 0 aliphatic carbocycles. The van der Waals surface area contributed by atoms with E-state index in [0.29, 0.717) is 41.4 Å². The molecular weight excluding hydrogens is 445 g/mol. The van der Waals surface area contributed by atoms with E-state index in [0.717, 1.165) is 22.4 Å². The Balaban J connectivity index is 1.61. The fraction of sp³-hybridized carbons (Fsp3) is 0.214. The summed E-state index contributed by atoms with van der Waals surface area (Å²) in [6, 6.07) is 19.6. The first-order chi connectivity index (χ1) is 16.9. The van der Waals surface area contributed by atoms with Crippen LogP contribution in [0, 0.1) is 19.7 Å². The number of methoxy groups -OCH3 is 2. The largest absolute Gasteiger partial charge is 0.493 e. The lowest BCUT2D eigenvalue weighted by Crippen LogP contribution is -2.28. The predicted molar refractivity (Wildman–Crippen MR) is 134 cm³/mol. The number of aryl methyl sites for hydroxylation is 2. The van der Waals surface area contributed by atoms with Crippen molar-refractivity contribution in [2.45, 2.75) is 20.3 Å². The molecule has 0 saturated heterocycles. The highest BCUT2D eigenvalue weighted by Gasteiger charge is 2.20. The number of hydrogen-bond donors (Lipinski definition) is 1. The van der Waals surface area contributed by atoms with Gasteiger partial charge in [0, 0.05) is 12.1 Å². The molecular formula is C28H28FN3O3. The van der Waals surface area contributed by atoms with Gasteiger partial charge in [0.05, 0.1) is 25.6 Å². The Bertz CT molecular complexity index is 1360. The first kappa shape index (κ1) is 24.0. The Morgan fingerprint density at radius 2 is 1.74 bits per heavy atom. The number of ether oxygens (including phenoxy) is 2. The van der Waals surface area contributed by atoms with Gasteiger partial charge in [-0.2, -0.15) is 5.10 Å². The van der Waals surface area contributed by atoms with Gasteiger partial charge in [-0.15, -0.1) is 0 Å². The number of nitrogens with one attached hydrogen (secondary N) is 1. The second kappa shape index (κ2) is 10.4. The second-order valence-electron chi connectivity index (χ2n) is 8.29. The zero-order valence-electron chi connectivity index (χ0n) is 20.3. The smallest absolute Gasteiger partial charge is 0.270 e. The van der Waals surface area contributed by atoms with Crippen LogP contribution in [0.3, 0.4) is 0 Å². The zero-order chi connectivity index (χ0) is 24.9. The quantitative estimate of drug-likeness (QED) is 0.378. The summed E-state index contributed by atoms with van der Waals surface area (Å²) in [5.74, 6) is 0.607. The summed E-state index contributed by atoms with van der Waals surface area (Å²) in [5, 5.41) is 7.58. The van der Waals surface area contributed by atoms with E-state index in [4.69, 9.17) is 9.47 Å². The first-order valence-corrected chi connectivity index (χ1v) is 11.3. The van der Waals surface area contributed by atoms with Crippen LogP contribution < -0.4 is 14.8 Å². The molecule has 0 bridgehead atoms. The van der Waals surface area contributed by atoms with Crippen molar-refractivity contribution < 1.29 is 18.7 Å². The number of halogens is 1. The molecule has 0 spiro atoms. The number of carbonyl (C=O) groups excluding carboxylic acids is 1. The van der Waals surface area contributed by atoms with Crippen molar-refractivity contribution in [1.29, 1.82) is 0 Å². The van der Waals surface area contributed by atoms with Gasteiger partial charge in [-0.05, 0) is 67.8 Å². The van der Waals surface area contributed by atoms with Gasteiger partial charge in [-0.3, -0.25) is 4.79 Å². The first-order valence-electron chi connectivity index (χ1n) is 11.3. The maximum Gasteiger partial charge on any atom is 0.270 e. The lowest BCUT2D eigenvalue weighted by molar-refractivity contribution is 0.0946. The van der Waals surface area contributed by atoms with Crippen molar-refractivity contribution in [3.63, 3.8) is 0 Å². The Kier molecular flexibility index (Phi) is 7.15. The van der Waals surface area contributed by atoms with Gasteiger partial charge >= 0.3 is 0 Å². The van der Waals surface area contributed by atoms with Crippen molar-refractivity contribution in [1.82, 2.24) is 15.1 Å². The predicted octanol–water partition coefficient (Wildman–Crippen LogP) is 5.28. The highest BCUT2D eigenvalue weighted by Crippen LogP contribution is 2.28. The number of benzene rings is 3. The molecule has 1 heterocycles. The van der Waals surface area contributed by atoms with Gasteiger partial charge in [0.25, 0.3) is 5.91 Å². The fourth-order valence-electron chi connectivity index (χ4n) is 4.02. The third-order valence-electron chi connectivity index (χ3n) is 5.82. The number of amides is 1. The molecule has 0 radical (unpaired) electrons. The van der Waals surface area contributed by atoms with Crippen molar-refractivity contribution in [3.05, 3.63) is 94.9 Å². The topological polar surface area (TPSA) is 65.4 Å². The number of aromatic nitrogens is 2. The number of carbonyl (C=O) groups is 1. The minimum absolute atomic E-state index is 0.291. The molecule has 180 valence electrons. The molecule has 0 unspecified atom stereocenters. The lowest BCUT2D eigenvalue weighted by Gasteiger charge is -2.12. The van der Waals surface area contributed by atoms with E-state index in [-0.39, 0.29) is 5.91 Å². The lowest BCUT2D eigenvalue weighted by atomic mass is 10.1. The highest BCUT2D eigenvalue weighted by atomic mass is 19.1. The van der Waals surface area contributed by atoms with Gasteiger partial charge in [-0.1, -0.05) is 35.9 Å². The number of nitrogens with zero attached hydrogens (tertiary/aromatic N) is 2. The molecule has 0 atom stereocenters. The van der Waals surface area contributed by atoms with E-state index in [2.05, 4.69) is 10.4 Å². The van der Waals surface area contributed by atoms with E-state index in [9.17, 15) is 9.18 Å². The van der Waals surface area contributed by atoms with E-state index in [1.807, 2.05) is 50.2 Å². The molecule has 0 aliphatic heterocycles. The van der Waals surface area contributed by atoms with Crippen LogP contribution in [0.1, 0.15) is 27.2 Å². The number of rotatable bonds is 8. The Hall–Kier alpha value is -4.13. The molecule has 0 saturated carbocycles. The fourth-order valence-corrected chi connectivity index (χ4v) is 4.02. The van der Waals surface area contributed by atoms with Gasteiger partial charge < -0.3 is 14.8 Å². The molecule has 6 nitrogen and oxygen atoms in total.